The van der Waals surface area contributed by atoms with E-state index in [9.17, 15) is 0 Å². The third-order valence-corrected chi connectivity index (χ3v) is 3.86. The molecule has 118 valence electrons. The molecule has 0 radical (unpaired) electrons. The van der Waals surface area contributed by atoms with Crippen molar-refractivity contribution in [3.8, 4) is 5.75 Å². The van der Waals surface area contributed by atoms with E-state index in [0.29, 0.717) is 12.5 Å². The topological polar surface area (TPSA) is 21.3 Å². The lowest BCUT2D eigenvalue weighted by molar-refractivity contribution is 0.302. The van der Waals surface area contributed by atoms with Crippen molar-refractivity contribution in [3.63, 3.8) is 0 Å². The molecule has 2 rings (SSSR count). The number of benzene rings is 2. The number of hydrogen-bond acceptors (Lipinski definition) is 2. The van der Waals surface area contributed by atoms with Gasteiger partial charge in [0, 0.05) is 16.6 Å². The highest BCUT2D eigenvalue weighted by molar-refractivity contribution is 9.10. The van der Waals surface area contributed by atoms with Crippen LogP contribution >= 0.6 is 15.9 Å². The molecule has 0 aliphatic rings. The lowest BCUT2D eigenvalue weighted by Crippen LogP contribution is -2.19. The quantitative estimate of drug-likeness (QED) is 0.742. The maximum absolute atomic E-state index is 6.03. The normalized spacial score (nSPS) is 11.0. The zero-order chi connectivity index (χ0) is 15.9. The number of ether oxygens (including phenoxy) is 1. The minimum Gasteiger partial charge on any atom is -0.489 e. The summed E-state index contributed by atoms with van der Waals surface area (Å²) >= 11 is 3.54. The minimum absolute atomic E-state index is 0.598. The van der Waals surface area contributed by atoms with E-state index in [2.05, 4.69) is 72.3 Å². The maximum Gasteiger partial charge on any atom is 0.124 e. The van der Waals surface area contributed by atoms with E-state index in [1.807, 2.05) is 12.1 Å². The first-order chi connectivity index (χ1) is 10.5. The summed E-state index contributed by atoms with van der Waals surface area (Å²) in [5.74, 6) is 1.59. The van der Waals surface area contributed by atoms with Crippen LogP contribution in [0, 0.1) is 12.8 Å². The lowest BCUT2D eigenvalue weighted by Gasteiger charge is -2.14. The van der Waals surface area contributed by atoms with Gasteiger partial charge in [0.25, 0.3) is 0 Å². The van der Waals surface area contributed by atoms with Crippen molar-refractivity contribution < 1.29 is 4.74 Å². The maximum atomic E-state index is 6.03. The van der Waals surface area contributed by atoms with Gasteiger partial charge in [-0.05, 0) is 43.1 Å². The summed E-state index contributed by atoms with van der Waals surface area (Å²) in [7, 11) is 0. The van der Waals surface area contributed by atoms with Crippen LogP contribution in [0.25, 0.3) is 0 Å². The van der Waals surface area contributed by atoms with Crippen molar-refractivity contribution in [3.05, 3.63) is 63.6 Å². The average Bonchev–Trinajstić information content (AvgIpc) is 2.46. The summed E-state index contributed by atoms with van der Waals surface area (Å²) < 4.78 is 7.11. The van der Waals surface area contributed by atoms with Crippen LogP contribution in [0.1, 0.15) is 30.5 Å². The molecule has 0 saturated heterocycles. The molecule has 0 fully saturated rings. The standard InChI is InChI=1S/C19H24BrNO/c1-14(2)11-21-12-17-10-18(20)7-8-19(17)22-13-16-6-4-5-15(3)9-16/h4-10,14,21H,11-13H2,1-3H3. The summed E-state index contributed by atoms with van der Waals surface area (Å²) in [5.41, 5.74) is 3.64. The molecule has 0 amide bonds. The van der Waals surface area contributed by atoms with Gasteiger partial charge in [-0.2, -0.15) is 0 Å². The number of aryl methyl sites for hydroxylation is 1. The lowest BCUT2D eigenvalue weighted by atomic mass is 10.1. The molecule has 22 heavy (non-hydrogen) atoms. The Morgan fingerprint density at radius 1 is 1.14 bits per heavy atom. The van der Waals surface area contributed by atoms with Crippen molar-refractivity contribution in [2.75, 3.05) is 6.54 Å². The molecule has 0 atom stereocenters. The highest BCUT2D eigenvalue weighted by Gasteiger charge is 2.06. The van der Waals surface area contributed by atoms with E-state index in [0.717, 1.165) is 23.3 Å². The summed E-state index contributed by atoms with van der Waals surface area (Å²) in [6.07, 6.45) is 0. The molecule has 0 bridgehead atoms. The van der Waals surface area contributed by atoms with Gasteiger partial charge in [0.1, 0.15) is 12.4 Å². The van der Waals surface area contributed by atoms with Crippen molar-refractivity contribution in [2.45, 2.75) is 33.9 Å². The Balaban J connectivity index is 2.03. The predicted octanol–water partition coefficient (Wildman–Crippen LogP) is 5.08. The molecular formula is C19H24BrNO. The molecule has 0 aliphatic heterocycles. The predicted molar refractivity (Wildman–Crippen MR) is 96.2 cm³/mol. The number of nitrogens with one attached hydrogen (secondary N) is 1. The van der Waals surface area contributed by atoms with E-state index in [-0.39, 0.29) is 0 Å². The van der Waals surface area contributed by atoms with Gasteiger partial charge in [0.2, 0.25) is 0 Å². The molecule has 2 aromatic rings. The van der Waals surface area contributed by atoms with E-state index in [1.165, 1.54) is 16.7 Å². The van der Waals surface area contributed by atoms with E-state index >= 15 is 0 Å². The highest BCUT2D eigenvalue weighted by atomic mass is 79.9. The molecule has 0 aromatic heterocycles. The molecular weight excluding hydrogens is 338 g/mol. The van der Waals surface area contributed by atoms with Crippen LogP contribution in [-0.2, 0) is 13.2 Å². The second-order valence-corrected chi connectivity index (χ2v) is 6.97. The minimum atomic E-state index is 0.598. The Bertz CT molecular complexity index is 610. The largest absolute Gasteiger partial charge is 0.489 e. The molecule has 0 saturated carbocycles. The van der Waals surface area contributed by atoms with Crippen LogP contribution in [0.4, 0.5) is 0 Å². The molecule has 2 nitrogen and oxygen atoms in total. The Hall–Kier alpha value is -1.32. The zero-order valence-electron chi connectivity index (χ0n) is 13.5. The van der Waals surface area contributed by atoms with Crippen molar-refractivity contribution in [1.82, 2.24) is 5.32 Å². The molecule has 0 heterocycles. The van der Waals surface area contributed by atoms with Crippen molar-refractivity contribution in [2.24, 2.45) is 5.92 Å². The molecule has 0 spiro atoms. The van der Waals surface area contributed by atoms with Gasteiger partial charge in [0.05, 0.1) is 0 Å². The van der Waals surface area contributed by atoms with Crippen LogP contribution in [0.15, 0.2) is 46.9 Å². The Kier molecular flexibility index (Phi) is 6.47. The van der Waals surface area contributed by atoms with Gasteiger partial charge in [-0.25, -0.2) is 0 Å². The molecule has 1 N–H and O–H groups in total. The van der Waals surface area contributed by atoms with Crippen molar-refractivity contribution in [1.29, 1.82) is 0 Å². The van der Waals surface area contributed by atoms with Gasteiger partial charge >= 0.3 is 0 Å². The summed E-state index contributed by atoms with van der Waals surface area (Å²) in [6.45, 7) is 8.95. The third-order valence-electron chi connectivity index (χ3n) is 3.37. The summed E-state index contributed by atoms with van der Waals surface area (Å²) in [5, 5.41) is 3.48. The first-order valence-electron chi connectivity index (χ1n) is 7.72. The second kappa shape index (κ2) is 8.35. The fraction of sp³-hybridized carbons (Fsp3) is 0.368. The van der Waals surface area contributed by atoms with Crippen LogP contribution < -0.4 is 10.1 Å². The van der Waals surface area contributed by atoms with Crippen LogP contribution in [0.3, 0.4) is 0 Å². The molecule has 2 aromatic carbocycles. The van der Waals surface area contributed by atoms with E-state index in [1.54, 1.807) is 0 Å². The van der Waals surface area contributed by atoms with Crippen LogP contribution in [0.2, 0.25) is 0 Å². The first-order valence-corrected chi connectivity index (χ1v) is 8.51. The fourth-order valence-electron chi connectivity index (χ4n) is 2.29. The zero-order valence-corrected chi connectivity index (χ0v) is 15.1. The summed E-state index contributed by atoms with van der Waals surface area (Å²) in [6, 6.07) is 14.6. The smallest absolute Gasteiger partial charge is 0.124 e. The second-order valence-electron chi connectivity index (χ2n) is 6.05. The Morgan fingerprint density at radius 3 is 2.68 bits per heavy atom. The molecule has 3 heteroatoms. The SMILES string of the molecule is Cc1cccc(COc2ccc(Br)cc2CNCC(C)C)c1. The Labute approximate surface area is 142 Å². The highest BCUT2D eigenvalue weighted by Crippen LogP contribution is 2.24. The van der Waals surface area contributed by atoms with Crippen LogP contribution in [0.5, 0.6) is 5.75 Å². The monoisotopic (exact) mass is 361 g/mol. The van der Waals surface area contributed by atoms with Gasteiger partial charge < -0.3 is 10.1 Å². The van der Waals surface area contributed by atoms with Crippen molar-refractivity contribution >= 4 is 15.9 Å². The molecule has 0 unspecified atom stereocenters. The third kappa shape index (κ3) is 5.47. The van der Waals surface area contributed by atoms with E-state index in [4.69, 9.17) is 4.74 Å². The van der Waals surface area contributed by atoms with Gasteiger partial charge in [-0.3, -0.25) is 0 Å². The Morgan fingerprint density at radius 2 is 1.95 bits per heavy atom. The van der Waals surface area contributed by atoms with Gasteiger partial charge in [-0.15, -0.1) is 0 Å². The fourth-order valence-corrected chi connectivity index (χ4v) is 2.69. The first kappa shape index (κ1) is 17.0. The molecule has 0 aliphatic carbocycles. The number of hydrogen-bond donors (Lipinski definition) is 1. The average molecular weight is 362 g/mol. The van der Waals surface area contributed by atoms with Gasteiger partial charge in [-0.1, -0.05) is 59.6 Å². The summed E-state index contributed by atoms with van der Waals surface area (Å²) in [4.78, 5) is 0. The van der Waals surface area contributed by atoms with E-state index < -0.39 is 0 Å². The number of rotatable bonds is 7. The van der Waals surface area contributed by atoms with Gasteiger partial charge in [0.15, 0.2) is 0 Å². The van der Waals surface area contributed by atoms with Crippen LogP contribution in [-0.4, -0.2) is 6.54 Å². The number of halogens is 1.